The summed E-state index contributed by atoms with van der Waals surface area (Å²) in [6.45, 7) is 1.90. The van der Waals surface area contributed by atoms with Gasteiger partial charge in [0.1, 0.15) is 16.5 Å². The Bertz CT molecular complexity index is 1000. The van der Waals surface area contributed by atoms with Crippen LogP contribution in [-0.2, 0) is 22.2 Å². The molecule has 4 atom stereocenters. The second-order valence-corrected chi connectivity index (χ2v) is 10.3. The molecule has 6 heteroatoms. The van der Waals surface area contributed by atoms with E-state index in [0.717, 1.165) is 24.2 Å². The van der Waals surface area contributed by atoms with Crippen molar-refractivity contribution >= 4 is 28.7 Å². The van der Waals surface area contributed by atoms with Crippen LogP contribution in [0.25, 0.3) is 0 Å². The lowest BCUT2D eigenvalue weighted by molar-refractivity contribution is -0.140. The third-order valence-corrected chi connectivity index (χ3v) is 8.76. The van der Waals surface area contributed by atoms with Crippen molar-refractivity contribution in [2.24, 2.45) is 5.92 Å². The average Bonchev–Trinajstić information content (AvgIpc) is 3.38. The molecule has 0 radical (unpaired) electrons. The summed E-state index contributed by atoms with van der Waals surface area (Å²) >= 11 is 1.53. The van der Waals surface area contributed by atoms with Gasteiger partial charge in [-0.25, -0.2) is 8.93 Å². The molecule has 30 heavy (non-hydrogen) atoms. The molecule has 2 aromatic rings. The lowest BCUT2D eigenvalue weighted by atomic mass is 10.1. The summed E-state index contributed by atoms with van der Waals surface area (Å²) in [4.78, 5) is 12.1. The number of allylic oxidation sites excluding steroid dienone is 2. The Labute approximate surface area is 184 Å². The van der Waals surface area contributed by atoms with Crippen LogP contribution in [0, 0.1) is 5.92 Å². The van der Waals surface area contributed by atoms with Crippen molar-refractivity contribution in [2.45, 2.75) is 31.2 Å². The van der Waals surface area contributed by atoms with Gasteiger partial charge in [0, 0.05) is 11.7 Å². The van der Waals surface area contributed by atoms with Crippen molar-refractivity contribution < 1.29 is 14.1 Å². The molecule has 0 bridgehead atoms. The number of aryl methyl sites for hydroxylation is 1. The molecule has 1 fully saturated rings. The van der Waals surface area contributed by atoms with Gasteiger partial charge in [-0.2, -0.15) is 0 Å². The van der Waals surface area contributed by atoms with E-state index in [2.05, 4.69) is 16.9 Å². The maximum atomic E-state index is 13.0. The van der Waals surface area contributed by atoms with Crippen LogP contribution >= 0.6 is 11.8 Å². The monoisotopic (exact) mass is 439 g/mol. The van der Waals surface area contributed by atoms with Crippen LogP contribution in [0.15, 0.2) is 82.6 Å². The number of carboxylic acids is 1. The molecular weight excluding hydrogens is 414 g/mol. The zero-order valence-corrected chi connectivity index (χ0v) is 18.4. The minimum absolute atomic E-state index is 0.132. The van der Waals surface area contributed by atoms with Crippen LogP contribution in [0.4, 0.5) is 0 Å². The van der Waals surface area contributed by atoms with Gasteiger partial charge in [-0.05, 0) is 36.0 Å². The first-order valence-corrected chi connectivity index (χ1v) is 12.2. The highest BCUT2D eigenvalue weighted by Gasteiger charge is 2.69. The highest BCUT2D eigenvalue weighted by Crippen LogP contribution is 2.58. The maximum absolute atomic E-state index is 13.0. The standard InChI is InChI=1S/C24H25NO3S2/c1-17-22(20-10-6-3-7-11-20)24(17,23(26)27)25-30(28)21-15-14-19(16-29-21)13-12-18-8-4-2-5-9-18/h2-11,14-15,17,22,25H,12-13,16H2,1H3,(H,26,27). The quantitative estimate of drug-likeness (QED) is 0.629. The highest BCUT2D eigenvalue weighted by molar-refractivity contribution is 8.16. The number of rotatable bonds is 8. The fraction of sp³-hybridized carbons (Fsp3) is 0.292. The minimum atomic E-state index is -1.56. The first-order valence-electron chi connectivity index (χ1n) is 10.1. The number of nitrogens with one attached hydrogen (secondary N) is 1. The molecule has 1 heterocycles. The van der Waals surface area contributed by atoms with Gasteiger partial charge < -0.3 is 5.11 Å². The second-order valence-electron chi connectivity index (χ2n) is 7.81. The van der Waals surface area contributed by atoms with Crippen molar-refractivity contribution in [3.05, 3.63) is 93.8 Å². The van der Waals surface area contributed by atoms with Crippen molar-refractivity contribution in [2.75, 3.05) is 5.75 Å². The van der Waals surface area contributed by atoms with Gasteiger partial charge in [-0.15, -0.1) is 11.8 Å². The highest BCUT2D eigenvalue weighted by atomic mass is 32.2. The fourth-order valence-corrected chi connectivity index (χ4v) is 6.63. The van der Waals surface area contributed by atoms with Crippen LogP contribution < -0.4 is 4.72 Å². The first-order chi connectivity index (χ1) is 14.5. The molecule has 4 rings (SSSR count). The van der Waals surface area contributed by atoms with E-state index in [1.54, 1.807) is 0 Å². The molecule has 2 N–H and O–H groups in total. The average molecular weight is 440 g/mol. The largest absolute Gasteiger partial charge is 0.480 e. The van der Waals surface area contributed by atoms with E-state index in [0.29, 0.717) is 4.24 Å². The molecule has 0 spiro atoms. The molecule has 4 nitrogen and oxygen atoms in total. The van der Waals surface area contributed by atoms with Gasteiger partial charge in [0.15, 0.2) is 0 Å². The summed E-state index contributed by atoms with van der Waals surface area (Å²) in [7, 11) is -1.56. The lowest BCUT2D eigenvalue weighted by Crippen LogP contribution is -2.43. The van der Waals surface area contributed by atoms with Crippen LogP contribution in [-0.4, -0.2) is 26.6 Å². The molecule has 2 aliphatic rings. The van der Waals surface area contributed by atoms with Gasteiger partial charge in [0.05, 0.1) is 4.24 Å². The smallest absolute Gasteiger partial charge is 0.325 e. The normalized spacial score (nSPS) is 26.4. The molecule has 0 aromatic heterocycles. The molecule has 1 saturated carbocycles. The van der Waals surface area contributed by atoms with E-state index in [-0.39, 0.29) is 11.8 Å². The summed E-state index contributed by atoms with van der Waals surface area (Å²) in [6.07, 6.45) is 5.85. The van der Waals surface area contributed by atoms with Crippen molar-refractivity contribution in [3.8, 4) is 0 Å². The SMILES string of the molecule is CC1C(c2ccccc2)C1(NS(=O)C1=CC=C(CCc2ccccc2)CS1)C(=O)O. The number of carboxylic acid groups (broad SMARTS) is 1. The number of aliphatic carboxylic acids is 1. The number of carbonyl (C=O) groups is 1. The van der Waals surface area contributed by atoms with Crippen LogP contribution in [0.3, 0.4) is 0 Å². The Morgan fingerprint density at radius 3 is 2.37 bits per heavy atom. The third kappa shape index (κ3) is 4.17. The predicted molar refractivity (Wildman–Crippen MR) is 123 cm³/mol. The Balaban J connectivity index is 1.42. The minimum Gasteiger partial charge on any atom is -0.480 e. The Morgan fingerprint density at radius 1 is 1.10 bits per heavy atom. The van der Waals surface area contributed by atoms with Crippen LogP contribution in [0.1, 0.15) is 30.4 Å². The van der Waals surface area contributed by atoms with E-state index in [1.165, 1.54) is 22.9 Å². The molecular formula is C24H25NO3S2. The van der Waals surface area contributed by atoms with E-state index in [9.17, 15) is 14.1 Å². The number of hydrogen-bond donors (Lipinski definition) is 2. The molecule has 156 valence electrons. The molecule has 1 aliphatic heterocycles. The zero-order valence-electron chi connectivity index (χ0n) is 16.8. The number of thioether (sulfide) groups is 1. The van der Waals surface area contributed by atoms with Gasteiger partial charge in [0.2, 0.25) is 0 Å². The van der Waals surface area contributed by atoms with Crippen molar-refractivity contribution in [1.82, 2.24) is 4.72 Å². The molecule has 4 unspecified atom stereocenters. The van der Waals surface area contributed by atoms with E-state index in [1.807, 2.05) is 67.6 Å². The number of hydrogen-bond acceptors (Lipinski definition) is 3. The molecule has 0 amide bonds. The summed E-state index contributed by atoms with van der Waals surface area (Å²) in [5, 5.41) is 9.94. The third-order valence-electron chi connectivity index (χ3n) is 5.99. The van der Waals surface area contributed by atoms with Gasteiger partial charge in [-0.1, -0.05) is 79.2 Å². The predicted octanol–water partition coefficient (Wildman–Crippen LogP) is 4.64. The summed E-state index contributed by atoms with van der Waals surface area (Å²) in [5.41, 5.74) is 2.39. The molecule has 0 saturated heterocycles. The van der Waals surface area contributed by atoms with Crippen LogP contribution in [0.5, 0.6) is 0 Å². The van der Waals surface area contributed by atoms with E-state index >= 15 is 0 Å². The van der Waals surface area contributed by atoms with Crippen LogP contribution in [0.2, 0.25) is 0 Å². The summed E-state index contributed by atoms with van der Waals surface area (Å²) in [6, 6.07) is 20.0. The summed E-state index contributed by atoms with van der Waals surface area (Å²) < 4.78 is 16.6. The van der Waals surface area contributed by atoms with Crippen molar-refractivity contribution in [3.63, 3.8) is 0 Å². The summed E-state index contributed by atoms with van der Waals surface area (Å²) in [5.74, 6) is -0.486. The number of benzene rings is 2. The fourth-order valence-electron chi connectivity index (χ4n) is 4.17. The zero-order chi connectivity index (χ0) is 21.1. The van der Waals surface area contributed by atoms with Crippen molar-refractivity contribution in [1.29, 1.82) is 0 Å². The van der Waals surface area contributed by atoms with E-state index in [4.69, 9.17) is 0 Å². The maximum Gasteiger partial charge on any atom is 0.325 e. The molecule has 1 aliphatic carbocycles. The second kappa shape index (κ2) is 8.92. The Morgan fingerprint density at radius 2 is 1.77 bits per heavy atom. The topological polar surface area (TPSA) is 66.4 Å². The first kappa shape index (κ1) is 21.1. The van der Waals surface area contributed by atoms with Gasteiger partial charge in [0.25, 0.3) is 0 Å². The Hall–Kier alpha value is -2.15. The Kier molecular flexibility index (Phi) is 6.27. The molecule has 2 aromatic carbocycles. The van der Waals surface area contributed by atoms with E-state index < -0.39 is 22.5 Å². The van der Waals surface area contributed by atoms with Gasteiger partial charge >= 0.3 is 5.97 Å². The lowest BCUT2D eigenvalue weighted by Gasteiger charge is -2.18. The van der Waals surface area contributed by atoms with Gasteiger partial charge in [-0.3, -0.25) is 4.79 Å².